The first kappa shape index (κ1) is 9.46. The third-order valence-corrected chi connectivity index (χ3v) is 2.08. The quantitative estimate of drug-likeness (QED) is 0.735. The Kier molecular flexibility index (Phi) is 2.50. The maximum absolute atomic E-state index is 9.46. The SMILES string of the molecule is C=C1C=C/C(=N/c2ccccc2)C=C1O. The number of para-hydroxylation sites is 1. The van der Waals surface area contributed by atoms with E-state index in [1.165, 1.54) is 0 Å². The molecule has 15 heavy (non-hydrogen) atoms. The smallest absolute Gasteiger partial charge is 0.124 e. The van der Waals surface area contributed by atoms with Gasteiger partial charge in [-0.3, -0.25) is 0 Å². The van der Waals surface area contributed by atoms with Gasteiger partial charge in [0.15, 0.2) is 0 Å². The molecule has 0 aliphatic heterocycles. The summed E-state index contributed by atoms with van der Waals surface area (Å²) in [6.45, 7) is 3.68. The molecule has 1 aromatic rings. The largest absolute Gasteiger partial charge is 0.507 e. The molecule has 74 valence electrons. The molecule has 1 aliphatic carbocycles. The average molecular weight is 197 g/mol. The minimum absolute atomic E-state index is 0.173. The molecule has 2 rings (SSSR count). The Bertz CT molecular complexity index is 467. The summed E-state index contributed by atoms with van der Waals surface area (Å²) in [4.78, 5) is 4.36. The maximum Gasteiger partial charge on any atom is 0.124 e. The predicted octanol–water partition coefficient (Wildman–Crippen LogP) is 3.33. The fraction of sp³-hybridized carbons (Fsp3) is 0. The van der Waals surface area contributed by atoms with E-state index in [0.717, 1.165) is 11.4 Å². The molecule has 0 atom stereocenters. The molecule has 2 heteroatoms. The molecule has 1 aliphatic rings. The van der Waals surface area contributed by atoms with E-state index in [4.69, 9.17) is 0 Å². The van der Waals surface area contributed by atoms with Gasteiger partial charge in [-0.1, -0.05) is 24.8 Å². The van der Waals surface area contributed by atoms with Crippen LogP contribution in [0.1, 0.15) is 0 Å². The van der Waals surface area contributed by atoms with Crippen molar-refractivity contribution in [1.29, 1.82) is 0 Å². The highest BCUT2D eigenvalue weighted by Crippen LogP contribution is 2.16. The van der Waals surface area contributed by atoms with Crippen LogP contribution in [0.3, 0.4) is 0 Å². The van der Waals surface area contributed by atoms with Crippen molar-refractivity contribution in [2.24, 2.45) is 4.99 Å². The second kappa shape index (κ2) is 3.96. The molecule has 2 nitrogen and oxygen atoms in total. The molecule has 0 radical (unpaired) electrons. The van der Waals surface area contributed by atoms with E-state index in [9.17, 15) is 5.11 Å². The van der Waals surface area contributed by atoms with Crippen LogP contribution in [0.4, 0.5) is 5.69 Å². The lowest BCUT2D eigenvalue weighted by Crippen LogP contribution is -1.98. The first-order valence-corrected chi connectivity index (χ1v) is 4.67. The zero-order valence-corrected chi connectivity index (χ0v) is 8.22. The van der Waals surface area contributed by atoms with Crippen LogP contribution in [-0.4, -0.2) is 10.8 Å². The molecule has 0 saturated carbocycles. The van der Waals surface area contributed by atoms with E-state index in [0.29, 0.717) is 5.57 Å². The van der Waals surface area contributed by atoms with E-state index in [1.807, 2.05) is 36.4 Å². The molecule has 0 heterocycles. The van der Waals surface area contributed by atoms with Crippen LogP contribution in [0.15, 0.2) is 71.5 Å². The number of hydrogen-bond acceptors (Lipinski definition) is 2. The van der Waals surface area contributed by atoms with Gasteiger partial charge in [0, 0.05) is 11.6 Å². The molecule has 0 spiro atoms. The average Bonchev–Trinajstić information content (AvgIpc) is 2.25. The number of rotatable bonds is 1. The summed E-state index contributed by atoms with van der Waals surface area (Å²) in [6, 6.07) is 9.61. The predicted molar refractivity (Wildman–Crippen MR) is 62.5 cm³/mol. The van der Waals surface area contributed by atoms with Gasteiger partial charge in [0.25, 0.3) is 0 Å². The minimum atomic E-state index is 0.173. The summed E-state index contributed by atoms with van der Waals surface area (Å²) < 4.78 is 0. The Morgan fingerprint density at radius 2 is 1.80 bits per heavy atom. The normalized spacial score (nSPS) is 18.0. The third kappa shape index (κ3) is 2.23. The Balaban J connectivity index is 2.30. The number of aliphatic hydroxyl groups excluding tert-OH is 1. The monoisotopic (exact) mass is 197 g/mol. The van der Waals surface area contributed by atoms with Crippen LogP contribution in [0.25, 0.3) is 0 Å². The van der Waals surface area contributed by atoms with Crippen molar-refractivity contribution in [2.45, 2.75) is 0 Å². The number of nitrogens with zero attached hydrogens (tertiary/aromatic N) is 1. The standard InChI is InChI=1S/C13H11NO/c1-10-7-8-12(9-13(10)15)14-11-5-3-2-4-6-11/h2-9,15H,1H2/b14-12-. The molecule has 1 aromatic carbocycles. The lowest BCUT2D eigenvalue weighted by molar-refractivity contribution is 0.427. The highest BCUT2D eigenvalue weighted by atomic mass is 16.3. The number of allylic oxidation sites excluding steroid dienone is 3. The van der Waals surface area contributed by atoms with Crippen molar-refractivity contribution >= 4 is 11.4 Å². The highest BCUT2D eigenvalue weighted by Gasteiger charge is 2.04. The van der Waals surface area contributed by atoms with Crippen LogP contribution in [0.2, 0.25) is 0 Å². The Morgan fingerprint density at radius 3 is 2.47 bits per heavy atom. The van der Waals surface area contributed by atoms with Gasteiger partial charge in [-0.15, -0.1) is 0 Å². The summed E-state index contributed by atoms with van der Waals surface area (Å²) >= 11 is 0. The third-order valence-electron chi connectivity index (χ3n) is 2.08. The highest BCUT2D eigenvalue weighted by molar-refractivity contribution is 6.07. The van der Waals surface area contributed by atoms with Gasteiger partial charge >= 0.3 is 0 Å². The molecule has 0 fully saturated rings. The van der Waals surface area contributed by atoms with Crippen molar-refractivity contribution in [1.82, 2.24) is 0 Å². The Hall–Kier alpha value is -2.09. The molecule has 0 saturated heterocycles. The fourth-order valence-electron chi connectivity index (χ4n) is 1.27. The van der Waals surface area contributed by atoms with Crippen molar-refractivity contribution < 1.29 is 5.11 Å². The van der Waals surface area contributed by atoms with E-state index >= 15 is 0 Å². The van der Waals surface area contributed by atoms with E-state index < -0.39 is 0 Å². The van der Waals surface area contributed by atoms with Crippen LogP contribution < -0.4 is 0 Å². The van der Waals surface area contributed by atoms with Gasteiger partial charge in [-0.2, -0.15) is 0 Å². The van der Waals surface area contributed by atoms with E-state index in [-0.39, 0.29) is 5.76 Å². The van der Waals surface area contributed by atoms with Gasteiger partial charge < -0.3 is 5.11 Å². The molecule has 0 aromatic heterocycles. The lowest BCUT2D eigenvalue weighted by atomic mass is 10.1. The number of benzene rings is 1. The second-order valence-electron chi connectivity index (χ2n) is 3.26. The van der Waals surface area contributed by atoms with Crippen LogP contribution >= 0.6 is 0 Å². The first-order chi connectivity index (χ1) is 7.25. The van der Waals surface area contributed by atoms with Crippen LogP contribution in [-0.2, 0) is 0 Å². The lowest BCUT2D eigenvalue weighted by Gasteiger charge is -2.05. The van der Waals surface area contributed by atoms with Crippen molar-refractivity contribution in [2.75, 3.05) is 0 Å². The van der Waals surface area contributed by atoms with E-state index in [2.05, 4.69) is 11.6 Å². The van der Waals surface area contributed by atoms with Crippen LogP contribution in [0.5, 0.6) is 0 Å². The molecular weight excluding hydrogens is 186 g/mol. The van der Waals surface area contributed by atoms with Crippen molar-refractivity contribution in [3.63, 3.8) is 0 Å². The number of hydrogen-bond donors (Lipinski definition) is 1. The van der Waals surface area contributed by atoms with Gasteiger partial charge in [0.1, 0.15) is 5.76 Å². The van der Waals surface area contributed by atoms with Crippen molar-refractivity contribution in [3.8, 4) is 0 Å². The number of aliphatic hydroxyl groups is 1. The van der Waals surface area contributed by atoms with E-state index in [1.54, 1.807) is 12.2 Å². The molecule has 0 unspecified atom stereocenters. The van der Waals surface area contributed by atoms with Gasteiger partial charge in [0.05, 0.1) is 11.4 Å². The first-order valence-electron chi connectivity index (χ1n) is 4.67. The molecule has 0 amide bonds. The second-order valence-corrected chi connectivity index (χ2v) is 3.26. The van der Waals surface area contributed by atoms with Crippen molar-refractivity contribution in [3.05, 3.63) is 66.5 Å². The molecule has 0 bridgehead atoms. The van der Waals surface area contributed by atoms with Gasteiger partial charge in [-0.25, -0.2) is 4.99 Å². The summed E-state index contributed by atoms with van der Waals surface area (Å²) in [7, 11) is 0. The topological polar surface area (TPSA) is 32.6 Å². The Labute approximate surface area is 88.6 Å². The maximum atomic E-state index is 9.46. The molecule has 1 N–H and O–H groups in total. The van der Waals surface area contributed by atoms with Gasteiger partial charge in [0.2, 0.25) is 0 Å². The zero-order valence-electron chi connectivity index (χ0n) is 8.22. The summed E-state index contributed by atoms with van der Waals surface area (Å²) in [5, 5.41) is 9.46. The number of aliphatic imine (C=N–C) groups is 1. The van der Waals surface area contributed by atoms with Gasteiger partial charge in [-0.05, 0) is 24.3 Å². The Morgan fingerprint density at radius 1 is 1.07 bits per heavy atom. The summed E-state index contributed by atoms with van der Waals surface area (Å²) in [5.41, 5.74) is 2.21. The fourth-order valence-corrected chi connectivity index (χ4v) is 1.27. The zero-order chi connectivity index (χ0) is 10.7. The molecular formula is C13H11NO. The van der Waals surface area contributed by atoms with Crippen LogP contribution in [0, 0.1) is 0 Å². The summed E-state index contributed by atoms with van der Waals surface area (Å²) in [6.07, 6.45) is 5.18. The minimum Gasteiger partial charge on any atom is -0.507 e. The summed E-state index contributed by atoms with van der Waals surface area (Å²) in [5.74, 6) is 0.173.